The lowest BCUT2D eigenvalue weighted by Crippen LogP contribution is -2.48. The van der Waals surface area contributed by atoms with Crippen molar-refractivity contribution in [3.8, 4) is 5.82 Å². The highest BCUT2D eigenvalue weighted by molar-refractivity contribution is 5.48. The minimum atomic E-state index is -0.125. The van der Waals surface area contributed by atoms with Gasteiger partial charge in [-0.25, -0.2) is 14.3 Å². The largest absolute Gasteiger partial charge is 0.354 e. The number of nitrogens with zero attached hydrogens (tertiary/aromatic N) is 8. The molecule has 0 saturated carbocycles. The van der Waals surface area contributed by atoms with E-state index in [4.69, 9.17) is 0 Å². The van der Waals surface area contributed by atoms with Crippen LogP contribution in [0.1, 0.15) is 11.4 Å². The number of fused-ring (bicyclic) bond motifs is 1. The molecule has 170 valence electrons. The summed E-state index contributed by atoms with van der Waals surface area (Å²) in [4.78, 5) is 33.8. The van der Waals surface area contributed by atoms with Gasteiger partial charge in [-0.15, -0.1) is 5.10 Å². The van der Waals surface area contributed by atoms with Gasteiger partial charge in [0, 0.05) is 56.7 Å². The van der Waals surface area contributed by atoms with Gasteiger partial charge in [-0.05, 0) is 38.1 Å². The molecule has 0 radical (unpaired) electrons. The molecule has 1 fully saturated rings. The van der Waals surface area contributed by atoms with Crippen LogP contribution in [0.25, 0.3) is 11.5 Å². The Bertz CT molecular complexity index is 1410. The highest BCUT2D eigenvalue weighted by Crippen LogP contribution is 2.13. The minimum absolute atomic E-state index is 0.0778. The predicted octanol–water partition coefficient (Wildman–Crippen LogP) is 0.876. The van der Waals surface area contributed by atoms with E-state index in [1.54, 1.807) is 33.5 Å². The number of aromatic nitrogens is 6. The van der Waals surface area contributed by atoms with Crippen molar-refractivity contribution >= 4 is 11.5 Å². The van der Waals surface area contributed by atoms with E-state index in [-0.39, 0.29) is 11.1 Å². The summed E-state index contributed by atoms with van der Waals surface area (Å²) in [6, 6.07) is 12.4. The summed E-state index contributed by atoms with van der Waals surface area (Å²) in [7, 11) is 0. The second kappa shape index (κ2) is 8.62. The summed E-state index contributed by atoms with van der Waals surface area (Å²) in [6.07, 6.45) is 1.73. The third-order valence-corrected chi connectivity index (χ3v) is 5.96. The Kier molecular flexibility index (Phi) is 5.51. The summed E-state index contributed by atoms with van der Waals surface area (Å²) < 4.78 is 4.80. The van der Waals surface area contributed by atoms with Gasteiger partial charge in [0.05, 0.1) is 12.2 Å². The molecule has 5 rings (SSSR count). The molecule has 0 spiro atoms. The maximum Gasteiger partial charge on any atom is 0.266 e. The molecule has 0 unspecified atom stereocenters. The lowest BCUT2D eigenvalue weighted by Gasteiger charge is -2.35. The summed E-state index contributed by atoms with van der Waals surface area (Å²) in [6.45, 7) is 8.30. The minimum Gasteiger partial charge on any atom is -0.354 e. The monoisotopic (exact) mass is 446 g/mol. The van der Waals surface area contributed by atoms with Crippen LogP contribution in [-0.2, 0) is 6.54 Å². The van der Waals surface area contributed by atoms with Crippen LogP contribution in [0.4, 0.5) is 5.82 Å². The molecule has 0 N–H and O–H groups in total. The Balaban J connectivity index is 1.23. The number of hydrogen-bond donors (Lipinski definition) is 0. The zero-order valence-corrected chi connectivity index (χ0v) is 18.8. The molecular formula is C23H26N8O2. The number of rotatable bonds is 5. The maximum atomic E-state index is 12.4. The molecular weight excluding hydrogens is 420 g/mol. The summed E-state index contributed by atoms with van der Waals surface area (Å²) >= 11 is 0. The quantitative estimate of drug-likeness (QED) is 0.449. The number of anilines is 1. The highest BCUT2D eigenvalue weighted by atomic mass is 16.1. The van der Waals surface area contributed by atoms with Crippen LogP contribution in [0, 0.1) is 13.8 Å². The van der Waals surface area contributed by atoms with Gasteiger partial charge in [0.2, 0.25) is 0 Å². The van der Waals surface area contributed by atoms with Crippen LogP contribution < -0.4 is 16.0 Å². The predicted molar refractivity (Wildman–Crippen MR) is 125 cm³/mol. The van der Waals surface area contributed by atoms with E-state index in [2.05, 4.69) is 25.0 Å². The normalized spacial score (nSPS) is 14.8. The first kappa shape index (κ1) is 21.1. The standard InChI is InChI=1S/C23H26N8O2/c1-17-15-18(2)31(25-17)20-6-7-22(32)30(26-20)14-11-27-9-12-28(13-10-27)21-16-23(33)29-8-4-3-5-19(29)24-21/h3-8,15-16H,9-14H2,1-2H3. The molecule has 0 atom stereocenters. The lowest BCUT2D eigenvalue weighted by molar-refractivity contribution is 0.242. The molecule has 0 aromatic carbocycles. The van der Waals surface area contributed by atoms with Gasteiger partial charge in [-0.3, -0.25) is 18.9 Å². The van der Waals surface area contributed by atoms with Crippen molar-refractivity contribution in [2.75, 3.05) is 37.6 Å². The van der Waals surface area contributed by atoms with Crippen molar-refractivity contribution in [2.24, 2.45) is 0 Å². The summed E-state index contributed by atoms with van der Waals surface area (Å²) in [5.74, 6) is 1.35. The van der Waals surface area contributed by atoms with Crippen LogP contribution in [0.3, 0.4) is 0 Å². The van der Waals surface area contributed by atoms with Crippen LogP contribution in [-0.4, -0.2) is 66.6 Å². The van der Waals surface area contributed by atoms with Crippen LogP contribution >= 0.6 is 0 Å². The van der Waals surface area contributed by atoms with Gasteiger partial charge >= 0.3 is 0 Å². The second-order valence-electron chi connectivity index (χ2n) is 8.30. The fraction of sp³-hybridized carbons (Fsp3) is 0.348. The molecule has 0 amide bonds. The van der Waals surface area contributed by atoms with Crippen LogP contribution in [0.2, 0.25) is 0 Å². The number of pyridine rings is 1. The fourth-order valence-electron chi connectivity index (χ4n) is 4.21. The fourth-order valence-corrected chi connectivity index (χ4v) is 4.21. The summed E-state index contributed by atoms with van der Waals surface area (Å²) in [5, 5.41) is 8.98. The third kappa shape index (κ3) is 4.29. The first-order valence-electron chi connectivity index (χ1n) is 11.1. The van der Waals surface area contributed by atoms with E-state index in [0.29, 0.717) is 23.8 Å². The third-order valence-electron chi connectivity index (χ3n) is 5.96. The molecule has 1 aliphatic heterocycles. The van der Waals surface area contributed by atoms with Gasteiger partial charge in [-0.2, -0.15) is 5.10 Å². The smallest absolute Gasteiger partial charge is 0.266 e. The second-order valence-corrected chi connectivity index (χ2v) is 8.30. The Morgan fingerprint density at radius 2 is 1.67 bits per heavy atom. The average molecular weight is 447 g/mol. The first-order valence-corrected chi connectivity index (χ1v) is 11.1. The highest BCUT2D eigenvalue weighted by Gasteiger charge is 2.19. The summed E-state index contributed by atoms with van der Waals surface area (Å²) in [5.41, 5.74) is 2.33. The van der Waals surface area contributed by atoms with E-state index >= 15 is 0 Å². The van der Waals surface area contributed by atoms with E-state index < -0.39 is 0 Å². The van der Waals surface area contributed by atoms with E-state index in [0.717, 1.165) is 44.1 Å². The van der Waals surface area contributed by atoms with E-state index in [1.807, 2.05) is 38.1 Å². The van der Waals surface area contributed by atoms with Crippen molar-refractivity contribution in [3.05, 3.63) is 80.8 Å². The molecule has 0 bridgehead atoms. The Morgan fingerprint density at radius 3 is 2.42 bits per heavy atom. The van der Waals surface area contributed by atoms with Gasteiger partial charge < -0.3 is 4.90 Å². The van der Waals surface area contributed by atoms with Crippen LogP contribution in [0.15, 0.2) is 58.3 Å². The zero-order valence-electron chi connectivity index (χ0n) is 18.8. The Morgan fingerprint density at radius 1 is 0.848 bits per heavy atom. The Labute approximate surface area is 190 Å². The maximum absolute atomic E-state index is 12.4. The van der Waals surface area contributed by atoms with Crippen molar-refractivity contribution in [1.29, 1.82) is 0 Å². The van der Waals surface area contributed by atoms with E-state index in [1.165, 1.54) is 4.68 Å². The Hall–Kier alpha value is -3.79. The lowest BCUT2D eigenvalue weighted by atomic mass is 10.3. The molecule has 4 aromatic heterocycles. The zero-order chi connectivity index (χ0) is 22.9. The number of aryl methyl sites for hydroxylation is 2. The molecule has 4 aromatic rings. The molecule has 10 heteroatoms. The number of hydrogen-bond acceptors (Lipinski definition) is 7. The topological polar surface area (TPSA) is 93.6 Å². The van der Waals surface area contributed by atoms with Gasteiger partial charge in [-0.1, -0.05) is 6.07 Å². The molecule has 1 aliphatic rings. The van der Waals surface area contributed by atoms with Crippen molar-refractivity contribution in [2.45, 2.75) is 20.4 Å². The molecule has 5 heterocycles. The molecule has 1 saturated heterocycles. The van der Waals surface area contributed by atoms with Crippen molar-refractivity contribution in [3.63, 3.8) is 0 Å². The van der Waals surface area contributed by atoms with Gasteiger partial charge in [0.15, 0.2) is 5.82 Å². The van der Waals surface area contributed by atoms with Crippen molar-refractivity contribution < 1.29 is 0 Å². The van der Waals surface area contributed by atoms with Crippen molar-refractivity contribution in [1.82, 2.24) is 33.8 Å². The van der Waals surface area contributed by atoms with E-state index in [9.17, 15) is 9.59 Å². The van der Waals surface area contributed by atoms with Crippen LogP contribution in [0.5, 0.6) is 0 Å². The average Bonchev–Trinajstić information content (AvgIpc) is 3.16. The number of piperazine rings is 1. The molecule has 0 aliphatic carbocycles. The van der Waals surface area contributed by atoms with Gasteiger partial charge in [0.1, 0.15) is 11.5 Å². The molecule has 10 nitrogen and oxygen atoms in total. The first-order chi connectivity index (χ1) is 16.0. The van der Waals surface area contributed by atoms with Gasteiger partial charge in [0.25, 0.3) is 11.1 Å². The molecule has 33 heavy (non-hydrogen) atoms. The SMILES string of the molecule is Cc1cc(C)n(-c2ccc(=O)n(CCN3CCN(c4cc(=O)n5ccccc5n4)CC3)n2)n1.